The Bertz CT molecular complexity index is 1110. The second kappa shape index (κ2) is 8.70. The summed E-state index contributed by atoms with van der Waals surface area (Å²) in [5.74, 6) is 0.148. The highest BCUT2D eigenvalue weighted by atomic mass is 32.2. The van der Waals surface area contributed by atoms with Gasteiger partial charge < -0.3 is 4.74 Å². The van der Waals surface area contributed by atoms with E-state index in [1.54, 1.807) is 12.1 Å². The van der Waals surface area contributed by atoms with Gasteiger partial charge in [0.2, 0.25) is 5.16 Å². The average molecular weight is 410 g/mol. The van der Waals surface area contributed by atoms with Crippen LogP contribution in [0.5, 0.6) is 0 Å². The van der Waals surface area contributed by atoms with Gasteiger partial charge in [0.25, 0.3) is 5.69 Å². The van der Waals surface area contributed by atoms with Gasteiger partial charge in [-0.2, -0.15) is 0 Å². The van der Waals surface area contributed by atoms with E-state index in [4.69, 9.17) is 0 Å². The number of nitro groups is 1. The van der Waals surface area contributed by atoms with Crippen LogP contribution < -0.4 is 0 Å². The lowest BCUT2D eigenvalue weighted by Gasteiger charge is -2.11. The van der Waals surface area contributed by atoms with Gasteiger partial charge in [-0.05, 0) is 54.9 Å². The highest BCUT2D eigenvalue weighted by Crippen LogP contribution is 2.36. The van der Waals surface area contributed by atoms with Gasteiger partial charge in [-0.1, -0.05) is 24.3 Å². The van der Waals surface area contributed by atoms with Crippen LogP contribution in [-0.2, 0) is 9.53 Å². The number of aromatic nitrogens is 3. The van der Waals surface area contributed by atoms with Crippen LogP contribution in [0.1, 0.15) is 17.0 Å². The Hall–Kier alpha value is -3.46. The van der Waals surface area contributed by atoms with Crippen LogP contribution in [0.4, 0.5) is 5.69 Å². The maximum Gasteiger partial charge on any atom is 0.330 e. The third-order valence-electron chi connectivity index (χ3n) is 4.15. The number of ether oxygens (including phenoxy) is 1. The molecule has 0 aliphatic rings. The van der Waals surface area contributed by atoms with Crippen molar-refractivity contribution in [3.05, 3.63) is 75.6 Å². The van der Waals surface area contributed by atoms with Crippen LogP contribution in [0.15, 0.2) is 58.6 Å². The van der Waals surface area contributed by atoms with Crippen molar-refractivity contribution in [2.45, 2.75) is 23.9 Å². The first-order chi connectivity index (χ1) is 13.9. The summed E-state index contributed by atoms with van der Waals surface area (Å²) in [5, 5.41) is 20.5. The number of para-hydroxylation sites is 1. The van der Waals surface area contributed by atoms with E-state index in [1.165, 1.54) is 25.3 Å². The van der Waals surface area contributed by atoms with Crippen LogP contribution in [0.25, 0.3) is 11.8 Å². The lowest BCUT2D eigenvalue weighted by molar-refractivity contribution is -0.387. The molecule has 0 fully saturated rings. The summed E-state index contributed by atoms with van der Waals surface area (Å²) in [6.45, 7) is 3.81. The molecule has 3 aromatic rings. The largest absolute Gasteiger partial charge is 0.466 e. The Kier molecular flexibility index (Phi) is 6.08. The molecule has 0 atom stereocenters. The number of hydrogen-bond donors (Lipinski definition) is 0. The molecule has 9 heteroatoms. The molecule has 0 N–H and O–H groups in total. The summed E-state index contributed by atoms with van der Waals surface area (Å²) in [7, 11) is 1.27. The molecule has 1 heterocycles. The number of carbonyl (C=O) groups is 1. The van der Waals surface area contributed by atoms with E-state index in [0.717, 1.165) is 23.0 Å². The van der Waals surface area contributed by atoms with Crippen LogP contribution in [-0.4, -0.2) is 32.8 Å². The molecule has 148 valence electrons. The second-order valence-corrected chi connectivity index (χ2v) is 7.10. The van der Waals surface area contributed by atoms with E-state index in [-0.39, 0.29) is 5.69 Å². The average Bonchev–Trinajstić information content (AvgIpc) is 3.07. The fraction of sp³-hybridized carbons (Fsp3) is 0.150. The Labute approximate surface area is 171 Å². The molecule has 0 amide bonds. The zero-order chi connectivity index (χ0) is 21.0. The van der Waals surface area contributed by atoms with Crippen molar-refractivity contribution in [2.24, 2.45) is 0 Å². The number of hydrogen-bond acceptors (Lipinski definition) is 7. The lowest BCUT2D eigenvalue weighted by Crippen LogP contribution is -2.01. The molecule has 3 rings (SSSR count). The van der Waals surface area contributed by atoms with Crippen LogP contribution in [0.2, 0.25) is 0 Å². The van der Waals surface area contributed by atoms with E-state index < -0.39 is 10.9 Å². The Morgan fingerprint density at radius 2 is 1.97 bits per heavy atom. The predicted molar refractivity (Wildman–Crippen MR) is 109 cm³/mol. The smallest absolute Gasteiger partial charge is 0.330 e. The Morgan fingerprint density at radius 1 is 1.21 bits per heavy atom. The van der Waals surface area contributed by atoms with Gasteiger partial charge in [-0.15, -0.1) is 10.2 Å². The number of esters is 1. The van der Waals surface area contributed by atoms with E-state index in [9.17, 15) is 14.9 Å². The number of nitro benzene ring substituents is 1. The zero-order valence-corrected chi connectivity index (χ0v) is 16.8. The molecule has 0 bridgehead atoms. The minimum atomic E-state index is -0.534. The van der Waals surface area contributed by atoms with Gasteiger partial charge in [-0.25, -0.2) is 4.79 Å². The number of benzene rings is 2. The SMILES string of the molecule is COC(=O)/C=C/c1ccc(Sc2nnc(C)n2-c2ccccc2C)c([N+](=O)[O-])c1. The second-order valence-electron chi connectivity index (χ2n) is 6.09. The molecule has 0 saturated heterocycles. The van der Waals surface area contributed by atoms with Crippen molar-refractivity contribution in [3.63, 3.8) is 0 Å². The van der Waals surface area contributed by atoms with Crippen molar-refractivity contribution in [1.29, 1.82) is 0 Å². The molecule has 8 nitrogen and oxygen atoms in total. The van der Waals surface area contributed by atoms with E-state index >= 15 is 0 Å². The number of carbonyl (C=O) groups excluding carboxylic acids is 1. The Balaban J connectivity index is 1.99. The van der Waals surface area contributed by atoms with Gasteiger partial charge in [0.15, 0.2) is 0 Å². The maximum atomic E-state index is 11.6. The first kappa shape index (κ1) is 20.3. The maximum absolute atomic E-state index is 11.6. The van der Waals surface area contributed by atoms with Crippen molar-refractivity contribution in [3.8, 4) is 5.69 Å². The highest BCUT2D eigenvalue weighted by Gasteiger charge is 2.20. The minimum Gasteiger partial charge on any atom is -0.466 e. The number of rotatable bonds is 6. The summed E-state index contributed by atoms with van der Waals surface area (Å²) >= 11 is 1.16. The quantitative estimate of drug-likeness (QED) is 0.261. The first-order valence-electron chi connectivity index (χ1n) is 8.61. The predicted octanol–water partition coefficient (Wildman–Crippen LogP) is 4.13. The van der Waals surface area contributed by atoms with E-state index in [1.807, 2.05) is 42.7 Å². The molecule has 0 aliphatic carbocycles. The summed E-state index contributed by atoms with van der Waals surface area (Å²) in [6, 6.07) is 12.5. The number of aryl methyl sites for hydroxylation is 2. The van der Waals surface area contributed by atoms with Gasteiger partial charge >= 0.3 is 5.97 Å². The molecular weight excluding hydrogens is 392 g/mol. The minimum absolute atomic E-state index is 0.0843. The standard InChI is InChI=1S/C20H18N4O4S/c1-13-6-4-5-7-16(13)23-14(2)21-22-20(23)29-18-10-8-15(9-11-19(25)28-3)12-17(18)24(26)27/h4-12H,1-3H3/b11-9+. The molecule has 0 unspecified atom stereocenters. The van der Waals surface area contributed by atoms with Crippen LogP contribution in [0.3, 0.4) is 0 Å². The van der Waals surface area contributed by atoms with Crippen molar-refractivity contribution in [2.75, 3.05) is 7.11 Å². The number of methoxy groups -OCH3 is 1. The van der Waals surface area contributed by atoms with E-state index in [2.05, 4.69) is 14.9 Å². The molecule has 29 heavy (non-hydrogen) atoms. The third-order valence-corrected chi connectivity index (χ3v) is 5.16. The fourth-order valence-corrected chi connectivity index (χ4v) is 3.67. The highest BCUT2D eigenvalue weighted by molar-refractivity contribution is 7.99. The number of nitrogens with zero attached hydrogens (tertiary/aromatic N) is 4. The summed E-state index contributed by atoms with van der Waals surface area (Å²) < 4.78 is 6.41. The van der Waals surface area contributed by atoms with Crippen molar-refractivity contribution in [1.82, 2.24) is 14.8 Å². The molecule has 0 spiro atoms. The van der Waals surface area contributed by atoms with Gasteiger partial charge in [0.05, 0.1) is 22.6 Å². The van der Waals surface area contributed by atoms with Crippen molar-refractivity contribution < 1.29 is 14.5 Å². The van der Waals surface area contributed by atoms with Crippen LogP contribution in [0, 0.1) is 24.0 Å². The molecular formula is C20H18N4O4S. The monoisotopic (exact) mass is 410 g/mol. The van der Waals surface area contributed by atoms with Crippen LogP contribution >= 0.6 is 11.8 Å². The lowest BCUT2D eigenvalue weighted by atomic mass is 10.2. The van der Waals surface area contributed by atoms with Gasteiger partial charge in [-0.3, -0.25) is 14.7 Å². The van der Waals surface area contributed by atoms with Crippen molar-refractivity contribution >= 4 is 29.5 Å². The topological polar surface area (TPSA) is 100 Å². The van der Waals surface area contributed by atoms with Gasteiger partial charge in [0.1, 0.15) is 5.82 Å². The molecule has 0 saturated carbocycles. The van der Waals surface area contributed by atoms with E-state index in [0.29, 0.717) is 21.4 Å². The zero-order valence-electron chi connectivity index (χ0n) is 16.0. The third kappa shape index (κ3) is 4.52. The summed E-state index contributed by atoms with van der Waals surface area (Å²) in [4.78, 5) is 22.8. The molecule has 0 aliphatic heterocycles. The summed E-state index contributed by atoms with van der Waals surface area (Å²) in [5.41, 5.74) is 2.38. The van der Waals surface area contributed by atoms with Gasteiger partial charge in [0, 0.05) is 12.1 Å². The normalized spacial score (nSPS) is 11.0. The molecule has 1 aromatic heterocycles. The first-order valence-corrected chi connectivity index (χ1v) is 9.42. The summed E-state index contributed by atoms with van der Waals surface area (Å²) in [6.07, 6.45) is 2.68. The fourth-order valence-electron chi connectivity index (χ4n) is 2.70. The molecule has 2 aromatic carbocycles. The Morgan fingerprint density at radius 3 is 2.66 bits per heavy atom. The molecule has 0 radical (unpaired) electrons.